The van der Waals surface area contributed by atoms with Gasteiger partial charge in [0.15, 0.2) is 17.5 Å². The van der Waals surface area contributed by atoms with Crippen LogP contribution in [-0.2, 0) is 0 Å². The molecule has 0 aliphatic rings. The zero-order chi connectivity index (χ0) is 41.2. The molecule has 0 radical (unpaired) electrons. The lowest BCUT2D eigenvalue weighted by Crippen LogP contribution is -2.02. The molecule has 14 aromatic rings. The summed E-state index contributed by atoms with van der Waals surface area (Å²) in [5.41, 5.74) is 7.56. The molecule has 6 heteroatoms. The molecular weight excluding hydrogens is 789 g/mol. The van der Waals surface area contributed by atoms with Gasteiger partial charge in [-0.05, 0) is 80.8 Å². The molecule has 0 amide bonds. The first-order valence-electron chi connectivity index (χ1n) is 21.2. The summed E-state index contributed by atoms with van der Waals surface area (Å²) in [4.78, 5) is 16.4. The van der Waals surface area contributed by atoms with Crippen LogP contribution in [0.15, 0.2) is 199 Å². The molecule has 5 nitrogen and oxygen atoms in total. The van der Waals surface area contributed by atoms with Crippen molar-refractivity contribution in [3.05, 3.63) is 194 Å². The van der Waals surface area contributed by atoms with E-state index in [1.807, 2.05) is 12.1 Å². The van der Waals surface area contributed by atoms with E-state index < -0.39 is 0 Å². The highest BCUT2D eigenvalue weighted by Crippen LogP contribution is 2.44. The van der Waals surface area contributed by atoms with Gasteiger partial charge >= 0.3 is 0 Å². The zero-order valence-corrected chi connectivity index (χ0v) is 34.4. The Balaban J connectivity index is 1.12. The number of nitrogens with zero attached hydrogens (tertiary/aromatic N) is 4. The predicted octanol–water partition coefficient (Wildman–Crippen LogP) is 15.7. The lowest BCUT2D eigenvalue weighted by atomic mass is 10.0. The van der Waals surface area contributed by atoms with Crippen LogP contribution in [0.1, 0.15) is 0 Å². The van der Waals surface area contributed by atoms with Crippen LogP contribution in [0.2, 0.25) is 0 Å². The molecule has 10 aromatic carbocycles. The normalized spacial score (nSPS) is 12.1. The molecule has 0 fully saturated rings. The Bertz CT molecular complexity index is 4130. The van der Waals surface area contributed by atoms with E-state index in [0.29, 0.717) is 17.5 Å². The van der Waals surface area contributed by atoms with E-state index in [1.165, 1.54) is 47.1 Å². The molecule has 0 unspecified atom stereocenters. The molecule has 0 N–H and O–H groups in total. The van der Waals surface area contributed by atoms with Crippen LogP contribution < -0.4 is 0 Å². The van der Waals surface area contributed by atoms with E-state index in [1.54, 1.807) is 11.3 Å². The Labute approximate surface area is 363 Å². The lowest BCUT2D eigenvalue weighted by Gasteiger charge is -2.14. The molecule has 14 rings (SSSR count). The van der Waals surface area contributed by atoms with Gasteiger partial charge in [-0.3, -0.25) is 0 Å². The van der Waals surface area contributed by atoms with Crippen LogP contribution in [0, 0.1) is 0 Å². The summed E-state index contributed by atoms with van der Waals surface area (Å²) in [6, 6.07) is 69.1. The first kappa shape index (κ1) is 34.5. The number of aromatic nitrogens is 4. The van der Waals surface area contributed by atoms with Gasteiger partial charge in [-0.1, -0.05) is 140 Å². The van der Waals surface area contributed by atoms with E-state index in [0.717, 1.165) is 71.5 Å². The predicted molar refractivity (Wildman–Crippen MR) is 263 cm³/mol. The highest BCUT2D eigenvalue weighted by molar-refractivity contribution is 7.25. The Hall–Kier alpha value is -8.19. The van der Waals surface area contributed by atoms with Gasteiger partial charge in [-0.2, -0.15) is 0 Å². The second-order valence-corrected chi connectivity index (χ2v) is 17.4. The molecule has 0 atom stereocenters. The van der Waals surface area contributed by atoms with Gasteiger partial charge in [0.25, 0.3) is 0 Å². The smallest absolute Gasteiger partial charge is 0.164 e. The van der Waals surface area contributed by atoms with Gasteiger partial charge in [0.1, 0.15) is 11.2 Å². The summed E-state index contributed by atoms with van der Waals surface area (Å²) in [5, 5.41) is 13.7. The SMILES string of the molecule is c1ccc2cc3c(cc2c1)c1cc2ccccc2cc1n3-c1cc(-c2nc(-c3cccc4ccccc34)nc(-c3cccc4sc5ccccc5c34)n2)c2c(c1)oc1ccccc12. The Morgan fingerprint density at radius 2 is 0.873 bits per heavy atom. The summed E-state index contributed by atoms with van der Waals surface area (Å²) in [5.74, 6) is 1.82. The molecule has 0 saturated heterocycles. The first-order valence-corrected chi connectivity index (χ1v) is 22.0. The maximum absolute atomic E-state index is 6.82. The molecule has 0 saturated carbocycles. The average Bonchev–Trinajstić information content (AvgIpc) is 4.01. The van der Waals surface area contributed by atoms with Crippen LogP contribution >= 0.6 is 11.3 Å². The largest absolute Gasteiger partial charge is 0.456 e. The Morgan fingerprint density at radius 3 is 1.60 bits per heavy atom. The van der Waals surface area contributed by atoms with E-state index in [2.05, 4.69) is 187 Å². The van der Waals surface area contributed by atoms with Crippen molar-refractivity contribution in [3.8, 4) is 39.9 Å². The van der Waals surface area contributed by atoms with Crippen molar-refractivity contribution in [2.75, 3.05) is 0 Å². The molecule has 63 heavy (non-hydrogen) atoms. The molecule has 0 spiro atoms. The molecule has 4 heterocycles. The maximum Gasteiger partial charge on any atom is 0.164 e. The van der Waals surface area contributed by atoms with Gasteiger partial charge < -0.3 is 8.98 Å². The number of fused-ring (bicyclic) bond motifs is 12. The molecule has 0 aliphatic heterocycles. The van der Waals surface area contributed by atoms with E-state index >= 15 is 0 Å². The van der Waals surface area contributed by atoms with E-state index in [9.17, 15) is 0 Å². The van der Waals surface area contributed by atoms with Crippen LogP contribution in [-0.4, -0.2) is 19.5 Å². The second kappa shape index (κ2) is 13.2. The highest BCUT2D eigenvalue weighted by Gasteiger charge is 2.23. The highest BCUT2D eigenvalue weighted by atomic mass is 32.1. The van der Waals surface area contributed by atoms with Crippen LogP contribution in [0.5, 0.6) is 0 Å². The van der Waals surface area contributed by atoms with Crippen molar-refractivity contribution < 1.29 is 4.42 Å². The number of hydrogen-bond acceptors (Lipinski definition) is 5. The summed E-state index contributed by atoms with van der Waals surface area (Å²) in [6.45, 7) is 0. The van der Waals surface area contributed by atoms with Crippen molar-refractivity contribution >= 4 is 108 Å². The number of rotatable bonds is 4. The molecule has 4 aromatic heterocycles. The molecule has 0 bridgehead atoms. The number of thiophene rings is 1. The minimum atomic E-state index is 0.578. The summed E-state index contributed by atoms with van der Waals surface area (Å²) in [6.07, 6.45) is 0. The fourth-order valence-corrected chi connectivity index (χ4v) is 11.1. The minimum Gasteiger partial charge on any atom is -0.456 e. The van der Waals surface area contributed by atoms with Crippen molar-refractivity contribution in [1.82, 2.24) is 19.5 Å². The van der Waals surface area contributed by atoms with Gasteiger partial charge in [0.05, 0.1) is 16.7 Å². The summed E-state index contributed by atoms with van der Waals surface area (Å²) in [7, 11) is 0. The molecular formula is C57H32N4OS. The lowest BCUT2D eigenvalue weighted by molar-refractivity contribution is 0.668. The second-order valence-electron chi connectivity index (χ2n) is 16.3. The average molecular weight is 821 g/mol. The Kier molecular flexibility index (Phi) is 7.21. The third-order valence-corrected chi connectivity index (χ3v) is 13.9. The third-order valence-electron chi connectivity index (χ3n) is 12.8. The van der Waals surface area contributed by atoms with Gasteiger partial charge in [-0.25, -0.2) is 15.0 Å². The third kappa shape index (κ3) is 5.19. The fourth-order valence-electron chi connectivity index (χ4n) is 9.93. The fraction of sp³-hybridized carbons (Fsp3) is 0. The molecule has 0 aliphatic carbocycles. The number of hydrogen-bond donors (Lipinski definition) is 0. The van der Waals surface area contributed by atoms with Gasteiger partial charge in [0, 0.05) is 64.5 Å². The zero-order valence-electron chi connectivity index (χ0n) is 33.6. The van der Waals surface area contributed by atoms with Crippen LogP contribution in [0.4, 0.5) is 0 Å². The van der Waals surface area contributed by atoms with E-state index in [-0.39, 0.29) is 0 Å². The maximum atomic E-state index is 6.82. The number of benzene rings is 10. The first-order chi connectivity index (χ1) is 31.2. The van der Waals surface area contributed by atoms with E-state index in [4.69, 9.17) is 19.4 Å². The number of para-hydroxylation sites is 1. The van der Waals surface area contributed by atoms with Crippen LogP contribution in [0.3, 0.4) is 0 Å². The molecule has 292 valence electrons. The quantitative estimate of drug-likeness (QED) is 0.177. The van der Waals surface area contributed by atoms with Crippen LogP contribution in [0.25, 0.3) is 136 Å². The monoisotopic (exact) mass is 820 g/mol. The van der Waals surface area contributed by atoms with Crippen molar-refractivity contribution in [1.29, 1.82) is 0 Å². The Morgan fingerprint density at radius 1 is 0.349 bits per heavy atom. The van der Waals surface area contributed by atoms with Crippen molar-refractivity contribution in [2.24, 2.45) is 0 Å². The minimum absolute atomic E-state index is 0.578. The topological polar surface area (TPSA) is 56.7 Å². The van der Waals surface area contributed by atoms with Gasteiger partial charge in [0.2, 0.25) is 0 Å². The summed E-state index contributed by atoms with van der Waals surface area (Å²) < 4.78 is 11.6. The number of furan rings is 1. The standard InChI is InChI=1S/C57H32N4OS/c1-3-16-36-29-47-44(27-34(36)14-1)45-28-35-15-2-4-17-37(35)30-48(45)61(47)38-31-46(53-41-20-7-9-24-49(41)62-50(53)32-38)57-59-55(40-22-11-18-33-13-5-6-19-39(33)40)58-56(60-57)43-23-12-26-52-54(43)42-21-8-10-25-51(42)63-52/h1-32H. The van der Waals surface area contributed by atoms with Gasteiger partial charge in [-0.15, -0.1) is 11.3 Å². The summed E-state index contributed by atoms with van der Waals surface area (Å²) >= 11 is 1.79. The van der Waals surface area contributed by atoms with Crippen molar-refractivity contribution in [2.45, 2.75) is 0 Å². The van der Waals surface area contributed by atoms with Crippen molar-refractivity contribution in [3.63, 3.8) is 0 Å².